The largest absolute Gasteiger partial charge is 0.481 e. The average Bonchev–Trinajstić information content (AvgIpc) is 2.35. The molecule has 0 fully saturated rings. The van der Waals surface area contributed by atoms with Gasteiger partial charge < -0.3 is 10.4 Å². The molecular formula is C15H20FNO3. The van der Waals surface area contributed by atoms with Gasteiger partial charge in [-0.25, -0.2) is 4.39 Å². The van der Waals surface area contributed by atoms with Crippen molar-refractivity contribution < 1.29 is 19.1 Å². The van der Waals surface area contributed by atoms with Crippen molar-refractivity contribution in [2.75, 3.05) is 6.54 Å². The summed E-state index contributed by atoms with van der Waals surface area (Å²) < 4.78 is 13.2. The van der Waals surface area contributed by atoms with Crippen molar-refractivity contribution in [1.82, 2.24) is 5.32 Å². The molecule has 0 heterocycles. The Hall–Kier alpha value is -1.91. The van der Waals surface area contributed by atoms with Gasteiger partial charge in [-0.05, 0) is 49.4 Å². The topological polar surface area (TPSA) is 66.4 Å². The lowest BCUT2D eigenvalue weighted by Gasteiger charge is -2.11. The summed E-state index contributed by atoms with van der Waals surface area (Å²) in [5.74, 6) is -1.32. The number of benzene rings is 1. The third-order valence-electron chi connectivity index (χ3n) is 3.08. The van der Waals surface area contributed by atoms with E-state index in [0.717, 1.165) is 0 Å². The zero-order valence-electron chi connectivity index (χ0n) is 11.8. The summed E-state index contributed by atoms with van der Waals surface area (Å²) in [5.41, 5.74) is 1.01. The van der Waals surface area contributed by atoms with Crippen molar-refractivity contribution in [3.63, 3.8) is 0 Å². The minimum Gasteiger partial charge on any atom is -0.481 e. The molecule has 0 saturated carbocycles. The second-order valence-electron chi connectivity index (χ2n) is 5.10. The number of hydrogen-bond acceptors (Lipinski definition) is 2. The highest BCUT2D eigenvalue weighted by Gasteiger charge is 2.09. The normalized spacial score (nSPS) is 11.9. The number of carboxylic acid groups (broad SMARTS) is 1. The van der Waals surface area contributed by atoms with Gasteiger partial charge in [0.05, 0.1) is 0 Å². The fourth-order valence-electron chi connectivity index (χ4n) is 1.92. The molecule has 1 unspecified atom stereocenters. The van der Waals surface area contributed by atoms with Crippen LogP contribution in [-0.2, 0) is 4.79 Å². The Morgan fingerprint density at radius 1 is 1.30 bits per heavy atom. The molecule has 1 aromatic carbocycles. The molecule has 1 atom stereocenters. The number of halogens is 1. The molecule has 2 N–H and O–H groups in total. The number of amides is 1. The summed E-state index contributed by atoms with van der Waals surface area (Å²) >= 11 is 0. The molecule has 1 rings (SSSR count). The lowest BCUT2D eigenvalue weighted by molar-refractivity contribution is -0.137. The monoisotopic (exact) mass is 281 g/mol. The lowest BCUT2D eigenvalue weighted by Crippen LogP contribution is -2.25. The summed E-state index contributed by atoms with van der Waals surface area (Å²) in [6.45, 7) is 4.13. The first-order chi connectivity index (χ1) is 9.38. The van der Waals surface area contributed by atoms with Crippen molar-refractivity contribution in [3.8, 4) is 0 Å². The molecule has 0 aliphatic heterocycles. The highest BCUT2D eigenvalue weighted by Crippen LogP contribution is 2.10. The highest BCUT2D eigenvalue weighted by atomic mass is 19.1. The van der Waals surface area contributed by atoms with E-state index < -0.39 is 11.8 Å². The number of rotatable bonds is 7. The molecule has 0 bridgehead atoms. The molecule has 0 saturated heterocycles. The van der Waals surface area contributed by atoms with Crippen LogP contribution in [0.3, 0.4) is 0 Å². The van der Waals surface area contributed by atoms with Crippen LogP contribution in [0.2, 0.25) is 0 Å². The quantitative estimate of drug-likeness (QED) is 0.807. The van der Waals surface area contributed by atoms with Crippen LogP contribution >= 0.6 is 0 Å². The number of aliphatic carboxylic acids is 1. The Kier molecular flexibility index (Phi) is 6.15. The van der Waals surface area contributed by atoms with Crippen molar-refractivity contribution >= 4 is 11.9 Å². The summed E-state index contributed by atoms with van der Waals surface area (Å²) in [6, 6.07) is 4.20. The molecule has 1 amide bonds. The average molecular weight is 281 g/mol. The maximum Gasteiger partial charge on any atom is 0.303 e. The third-order valence-corrected chi connectivity index (χ3v) is 3.08. The van der Waals surface area contributed by atoms with E-state index in [2.05, 4.69) is 5.32 Å². The van der Waals surface area contributed by atoms with Crippen molar-refractivity contribution in [2.45, 2.75) is 33.1 Å². The van der Waals surface area contributed by atoms with Crippen LogP contribution in [0.15, 0.2) is 18.2 Å². The van der Waals surface area contributed by atoms with E-state index in [4.69, 9.17) is 5.11 Å². The number of carbonyl (C=O) groups excluding carboxylic acids is 1. The second kappa shape index (κ2) is 7.62. The minimum absolute atomic E-state index is 0.137. The van der Waals surface area contributed by atoms with Gasteiger partial charge in [-0.15, -0.1) is 0 Å². The van der Waals surface area contributed by atoms with E-state index in [1.165, 1.54) is 12.1 Å². The number of carbonyl (C=O) groups is 2. The zero-order chi connectivity index (χ0) is 15.1. The van der Waals surface area contributed by atoms with Crippen molar-refractivity contribution in [2.24, 2.45) is 5.92 Å². The molecular weight excluding hydrogens is 261 g/mol. The summed E-state index contributed by atoms with van der Waals surface area (Å²) in [4.78, 5) is 22.3. The van der Waals surface area contributed by atoms with Crippen LogP contribution in [0, 0.1) is 18.7 Å². The van der Waals surface area contributed by atoms with Crippen LogP contribution in [0.5, 0.6) is 0 Å². The van der Waals surface area contributed by atoms with Crippen molar-refractivity contribution in [1.29, 1.82) is 0 Å². The molecule has 5 heteroatoms. The van der Waals surface area contributed by atoms with Gasteiger partial charge in [0, 0.05) is 18.5 Å². The van der Waals surface area contributed by atoms with Gasteiger partial charge in [-0.1, -0.05) is 6.92 Å². The Bertz CT molecular complexity index is 468. The van der Waals surface area contributed by atoms with Gasteiger partial charge in [0.2, 0.25) is 0 Å². The fourth-order valence-corrected chi connectivity index (χ4v) is 1.92. The number of nitrogens with one attached hydrogen (secondary N) is 1. The molecule has 20 heavy (non-hydrogen) atoms. The smallest absolute Gasteiger partial charge is 0.303 e. The predicted molar refractivity (Wildman–Crippen MR) is 74.1 cm³/mol. The Labute approximate surface area is 118 Å². The van der Waals surface area contributed by atoms with Crippen LogP contribution in [0.25, 0.3) is 0 Å². The molecule has 1 aromatic rings. The summed E-state index contributed by atoms with van der Waals surface area (Å²) in [7, 11) is 0. The van der Waals surface area contributed by atoms with E-state index in [1.54, 1.807) is 13.0 Å². The first-order valence-corrected chi connectivity index (χ1v) is 6.65. The number of carboxylic acids is 1. The standard InChI is InChI=1S/C15H20FNO3/c1-10(3-4-14(18)19)5-6-17-15(20)12-7-11(2)8-13(16)9-12/h7-10H,3-6H2,1-2H3,(H,17,20)(H,18,19). The van der Waals surface area contributed by atoms with Crippen LogP contribution in [0.4, 0.5) is 4.39 Å². The maximum atomic E-state index is 13.2. The van der Waals surface area contributed by atoms with Gasteiger partial charge in [0.25, 0.3) is 5.91 Å². The Morgan fingerprint density at radius 2 is 2.00 bits per heavy atom. The van der Waals surface area contributed by atoms with E-state index in [-0.39, 0.29) is 18.2 Å². The molecule has 0 aliphatic rings. The first kappa shape index (κ1) is 16.1. The maximum absolute atomic E-state index is 13.2. The summed E-state index contributed by atoms with van der Waals surface area (Å²) in [6.07, 6.45) is 1.43. The lowest BCUT2D eigenvalue weighted by atomic mass is 10.0. The van der Waals surface area contributed by atoms with Crippen molar-refractivity contribution in [3.05, 3.63) is 35.1 Å². The SMILES string of the molecule is Cc1cc(F)cc(C(=O)NCCC(C)CCC(=O)O)c1. The van der Waals surface area contributed by atoms with Gasteiger partial charge in [-0.2, -0.15) is 0 Å². The molecule has 0 spiro atoms. The number of aryl methyl sites for hydroxylation is 1. The first-order valence-electron chi connectivity index (χ1n) is 6.65. The van der Waals surface area contributed by atoms with E-state index in [0.29, 0.717) is 30.5 Å². The van der Waals surface area contributed by atoms with E-state index in [9.17, 15) is 14.0 Å². The molecule has 110 valence electrons. The van der Waals surface area contributed by atoms with Gasteiger partial charge >= 0.3 is 5.97 Å². The summed E-state index contributed by atoms with van der Waals surface area (Å²) in [5, 5.41) is 11.3. The van der Waals surface area contributed by atoms with Gasteiger partial charge in [0.1, 0.15) is 5.82 Å². The van der Waals surface area contributed by atoms with Crippen LogP contribution in [0.1, 0.15) is 42.1 Å². The molecule has 0 radical (unpaired) electrons. The Morgan fingerprint density at radius 3 is 2.60 bits per heavy atom. The highest BCUT2D eigenvalue weighted by molar-refractivity contribution is 5.94. The van der Waals surface area contributed by atoms with Crippen LogP contribution < -0.4 is 5.32 Å². The fraction of sp³-hybridized carbons (Fsp3) is 0.467. The van der Waals surface area contributed by atoms with Gasteiger partial charge in [0.15, 0.2) is 0 Å². The number of hydrogen-bond donors (Lipinski definition) is 2. The van der Waals surface area contributed by atoms with Crippen LogP contribution in [-0.4, -0.2) is 23.5 Å². The van der Waals surface area contributed by atoms with Gasteiger partial charge in [-0.3, -0.25) is 9.59 Å². The zero-order valence-corrected chi connectivity index (χ0v) is 11.8. The molecule has 0 aromatic heterocycles. The van der Waals surface area contributed by atoms with E-state index >= 15 is 0 Å². The third kappa shape index (κ3) is 5.82. The van der Waals surface area contributed by atoms with E-state index in [1.807, 2.05) is 6.92 Å². The second-order valence-corrected chi connectivity index (χ2v) is 5.10. The Balaban J connectivity index is 2.38. The molecule has 4 nitrogen and oxygen atoms in total. The predicted octanol–water partition coefficient (Wildman–Crippen LogP) is 2.75. The minimum atomic E-state index is -0.809. The molecule has 0 aliphatic carbocycles.